The van der Waals surface area contributed by atoms with E-state index in [-0.39, 0.29) is 23.7 Å². The van der Waals surface area contributed by atoms with Crippen LogP contribution < -0.4 is 5.32 Å². The Morgan fingerprint density at radius 1 is 1.04 bits per heavy atom. The first-order valence-electron chi connectivity index (χ1n) is 9.60. The minimum Gasteiger partial charge on any atom is -0.454 e. The van der Waals surface area contributed by atoms with E-state index in [1.54, 1.807) is 0 Å². The normalized spacial score (nSPS) is 22.8. The maximum Gasteiger partial charge on any atom is 0.326 e. The number of carbonyl (C=O) groups is 4. The average Bonchev–Trinajstić information content (AvgIpc) is 3.25. The van der Waals surface area contributed by atoms with Crippen molar-refractivity contribution in [3.63, 3.8) is 0 Å². The van der Waals surface area contributed by atoms with Crippen LogP contribution in [0.5, 0.6) is 0 Å². The monoisotopic (exact) mass is 382 g/mol. The van der Waals surface area contributed by atoms with Crippen molar-refractivity contribution in [3.05, 3.63) is 41.5 Å². The summed E-state index contributed by atoms with van der Waals surface area (Å²) in [5.74, 6) is -2.65. The highest BCUT2D eigenvalue weighted by molar-refractivity contribution is 6.07. The van der Waals surface area contributed by atoms with Crippen LogP contribution in [0.3, 0.4) is 0 Å². The number of benzene rings is 1. The minimum absolute atomic E-state index is 0.334. The highest BCUT2D eigenvalue weighted by Crippen LogP contribution is 2.34. The number of imide groups is 1. The number of amides is 3. The van der Waals surface area contributed by atoms with E-state index < -0.39 is 25.0 Å². The number of nitrogens with one attached hydrogen (secondary N) is 1. The number of esters is 1. The molecule has 1 saturated heterocycles. The van der Waals surface area contributed by atoms with Crippen LogP contribution >= 0.6 is 0 Å². The molecule has 2 atom stereocenters. The summed E-state index contributed by atoms with van der Waals surface area (Å²) in [4.78, 5) is 49.7. The molecule has 2 aliphatic carbocycles. The lowest BCUT2D eigenvalue weighted by molar-refractivity contribution is -0.154. The van der Waals surface area contributed by atoms with Gasteiger partial charge in [-0.2, -0.15) is 0 Å². The Bertz CT molecular complexity index is 850. The molecular weight excluding hydrogens is 360 g/mol. The number of ether oxygens (including phenoxy) is 1. The average molecular weight is 382 g/mol. The van der Waals surface area contributed by atoms with Crippen LogP contribution in [-0.2, 0) is 36.8 Å². The second-order valence-electron chi connectivity index (χ2n) is 7.46. The standard InChI is InChI=1S/C21H22N2O5/c24-18(22-15-9-8-13-4-3-5-14(13)10-15)12-28-19(25)11-23-20(26)16-6-1-2-7-17(16)21(23)27/h1-2,8-10,16-17H,3-7,11-12H2,(H,22,24)/t16-,17-/m0/s1. The molecule has 1 heterocycles. The van der Waals surface area contributed by atoms with Crippen molar-refractivity contribution < 1.29 is 23.9 Å². The van der Waals surface area contributed by atoms with Crippen LogP contribution in [0.15, 0.2) is 30.4 Å². The lowest BCUT2D eigenvalue weighted by atomic mass is 9.85. The van der Waals surface area contributed by atoms with Crippen LogP contribution in [0.4, 0.5) is 5.69 Å². The molecule has 146 valence electrons. The molecule has 1 aliphatic heterocycles. The number of hydrogen-bond acceptors (Lipinski definition) is 5. The first-order valence-corrected chi connectivity index (χ1v) is 9.60. The first kappa shape index (κ1) is 18.4. The lowest BCUT2D eigenvalue weighted by Gasteiger charge is -2.14. The molecule has 4 rings (SSSR count). The Kier molecular flexibility index (Phi) is 4.98. The molecule has 0 aromatic heterocycles. The van der Waals surface area contributed by atoms with Gasteiger partial charge in [0.1, 0.15) is 6.54 Å². The van der Waals surface area contributed by atoms with Gasteiger partial charge in [-0.1, -0.05) is 18.2 Å². The molecule has 0 saturated carbocycles. The topological polar surface area (TPSA) is 92.8 Å². The maximum absolute atomic E-state index is 12.3. The van der Waals surface area contributed by atoms with Gasteiger partial charge in [-0.15, -0.1) is 0 Å². The number of fused-ring (bicyclic) bond motifs is 2. The fourth-order valence-corrected chi connectivity index (χ4v) is 4.19. The third kappa shape index (κ3) is 3.56. The maximum atomic E-state index is 12.3. The number of likely N-dealkylation sites (tertiary alicyclic amines) is 1. The first-order chi connectivity index (χ1) is 13.5. The number of carbonyl (C=O) groups excluding carboxylic acids is 4. The van der Waals surface area contributed by atoms with Gasteiger partial charge in [0.2, 0.25) is 11.8 Å². The molecule has 7 nitrogen and oxygen atoms in total. The fraction of sp³-hybridized carbons (Fsp3) is 0.429. The quantitative estimate of drug-likeness (QED) is 0.474. The van der Waals surface area contributed by atoms with Crippen LogP contribution in [0.25, 0.3) is 0 Å². The molecule has 28 heavy (non-hydrogen) atoms. The predicted molar refractivity (Wildman–Crippen MR) is 100 cm³/mol. The summed E-state index contributed by atoms with van der Waals surface area (Å²) < 4.78 is 4.97. The summed E-state index contributed by atoms with van der Waals surface area (Å²) in [5.41, 5.74) is 3.21. The van der Waals surface area contributed by atoms with Crippen molar-refractivity contribution in [1.82, 2.24) is 4.90 Å². The Morgan fingerprint density at radius 2 is 1.71 bits per heavy atom. The van der Waals surface area contributed by atoms with Gasteiger partial charge >= 0.3 is 5.97 Å². The van der Waals surface area contributed by atoms with Crippen LogP contribution in [0.1, 0.15) is 30.4 Å². The highest BCUT2D eigenvalue weighted by atomic mass is 16.5. The van der Waals surface area contributed by atoms with Crippen molar-refractivity contribution in [1.29, 1.82) is 0 Å². The second-order valence-corrected chi connectivity index (χ2v) is 7.46. The van der Waals surface area contributed by atoms with E-state index in [2.05, 4.69) is 5.32 Å². The molecule has 0 spiro atoms. The van der Waals surface area contributed by atoms with Gasteiger partial charge in [0.25, 0.3) is 5.91 Å². The zero-order valence-corrected chi connectivity index (χ0v) is 15.5. The fourth-order valence-electron chi connectivity index (χ4n) is 4.19. The Labute approximate surface area is 162 Å². The molecule has 1 N–H and O–H groups in total. The molecule has 0 bridgehead atoms. The number of anilines is 1. The zero-order chi connectivity index (χ0) is 19.7. The van der Waals surface area contributed by atoms with Crippen LogP contribution in [0.2, 0.25) is 0 Å². The summed E-state index contributed by atoms with van der Waals surface area (Å²) in [6.45, 7) is -0.905. The van der Waals surface area contributed by atoms with E-state index in [1.165, 1.54) is 11.1 Å². The van der Waals surface area contributed by atoms with Gasteiger partial charge < -0.3 is 10.1 Å². The zero-order valence-electron chi connectivity index (χ0n) is 15.5. The Hall–Kier alpha value is -2.96. The molecule has 1 fully saturated rings. The summed E-state index contributed by atoms with van der Waals surface area (Å²) in [5, 5.41) is 2.71. The summed E-state index contributed by atoms with van der Waals surface area (Å²) >= 11 is 0. The molecule has 1 aromatic carbocycles. The Morgan fingerprint density at radius 3 is 2.43 bits per heavy atom. The van der Waals surface area contributed by atoms with Gasteiger partial charge in [0, 0.05) is 5.69 Å². The SMILES string of the molecule is O=C(COC(=O)CN1C(=O)[C@H]2CC=CC[C@@H]2C1=O)Nc1ccc2c(c1)CCC2. The molecule has 3 amide bonds. The van der Waals surface area contributed by atoms with Crippen LogP contribution in [-0.4, -0.2) is 41.7 Å². The summed E-state index contributed by atoms with van der Waals surface area (Å²) in [7, 11) is 0. The van der Waals surface area contributed by atoms with Crippen LogP contribution in [0, 0.1) is 11.8 Å². The van der Waals surface area contributed by atoms with Crippen molar-refractivity contribution in [2.24, 2.45) is 11.8 Å². The number of hydrogen-bond donors (Lipinski definition) is 1. The van der Waals surface area contributed by atoms with Crippen molar-refractivity contribution >= 4 is 29.4 Å². The van der Waals surface area contributed by atoms with Gasteiger partial charge in [-0.05, 0) is 55.4 Å². The highest BCUT2D eigenvalue weighted by Gasteiger charge is 2.47. The van der Waals surface area contributed by atoms with Gasteiger partial charge in [-0.25, -0.2) is 0 Å². The van der Waals surface area contributed by atoms with Crippen molar-refractivity contribution in [3.8, 4) is 0 Å². The largest absolute Gasteiger partial charge is 0.454 e. The van der Waals surface area contributed by atoms with E-state index in [9.17, 15) is 19.2 Å². The molecule has 7 heteroatoms. The van der Waals surface area contributed by atoms with Crippen molar-refractivity contribution in [2.75, 3.05) is 18.5 Å². The van der Waals surface area contributed by atoms with Crippen molar-refractivity contribution in [2.45, 2.75) is 32.1 Å². The minimum atomic E-state index is -0.766. The van der Waals surface area contributed by atoms with E-state index in [4.69, 9.17) is 4.74 Å². The number of allylic oxidation sites excluding steroid dienone is 2. The van der Waals surface area contributed by atoms with Gasteiger partial charge in [-0.3, -0.25) is 24.1 Å². The molecule has 3 aliphatic rings. The van der Waals surface area contributed by atoms with E-state index in [0.717, 1.165) is 24.2 Å². The molecular formula is C21H22N2O5. The predicted octanol–water partition coefficient (Wildman–Crippen LogP) is 1.61. The van der Waals surface area contributed by atoms with E-state index in [1.807, 2.05) is 30.4 Å². The molecule has 0 unspecified atom stereocenters. The van der Waals surface area contributed by atoms with Gasteiger partial charge in [0.15, 0.2) is 6.61 Å². The summed E-state index contributed by atoms with van der Waals surface area (Å²) in [6, 6.07) is 5.78. The number of nitrogens with zero attached hydrogens (tertiary/aromatic N) is 1. The Balaban J connectivity index is 1.27. The lowest BCUT2D eigenvalue weighted by Crippen LogP contribution is -2.37. The smallest absolute Gasteiger partial charge is 0.326 e. The van der Waals surface area contributed by atoms with E-state index >= 15 is 0 Å². The summed E-state index contributed by atoms with van der Waals surface area (Å²) in [6.07, 6.45) is 8.00. The third-order valence-electron chi connectivity index (χ3n) is 5.63. The molecule has 0 radical (unpaired) electrons. The van der Waals surface area contributed by atoms with E-state index in [0.29, 0.717) is 18.5 Å². The second kappa shape index (κ2) is 7.58. The molecule has 1 aromatic rings. The van der Waals surface area contributed by atoms with Gasteiger partial charge in [0.05, 0.1) is 11.8 Å². The number of aryl methyl sites for hydroxylation is 2. The third-order valence-corrected chi connectivity index (χ3v) is 5.63. The number of rotatable bonds is 5.